The number of piperidine rings is 1. The van der Waals surface area contributed by atoms with E-state index in [9.17, 15) is 9.59 Å². The van der Waals surface area contributed by atoms with Crippen LogP contribution in [0.25, 0.3) is 0 Å². The van der Waals surface area contributed by atoms with Crippen molar-refractivity contribution in [3.05, 3.63) is 22.4 Å². The highest BCUT2D eigenvalue weighted by Crippen LogP contribution is 2.19. The van der Waals surface area contributed by atoms with E-state index in [1.165, 1.54) is 9.78 Å². The highest BCUT2D eigenvalue weighted by Gasteiger charge is 2.25. The topological polar surface area (TPSA) is 73.8 Å². The fourth-order valence-corrected chi connectivity index (χ4v) is 3.27. The maximum Gasteiger partial charge on any atom is 0.229 e. The number of rotatable bonds is 6. The molecule has 1 fully saturated rings. The molecule has 1 unspecified atom stereocenters. The number of carbonyl (C=O) groups is 2. The summed E-state index contributed by atoms with van der Waals surface area (Å²) in [5, 5.41) is 8.50. The van der Waals surface area contributed by atoms with Gasteiger partial charge in [-0.3, -0.25) is 19.5 Å². The van der Waals surface area contributed by atoms with E-state index < -0.39 is 0 Å². The Hall–Kier alpha value is -1.89. The van der Waals surface area contributed by atoms with Gasteiger partial charge in [-0.15, -0.1) is 11.3 Å². The summed E-state index contributed by atoms with van der Waals surface area (Å²) in [6, 6.07) is 4.18. The minimum Gasteiger partial charge on any atom is -0.356 e. The van der Waals surface area contributed by atoms with E-state index in [4.69, 9.17) is 0 Å². The average molecular weight is 336 g/mol. The summed E-state index contributed by atoms with van der Waals surface area (Å²) in [5.41, 5.74) is 0. The average Bonchev–Trinajstić information content (AvgIpc) is 3.07. The fourth-order valence-electron chi connectivity index (χ4n) is 2.48. The normalized spacial score (nSPS) is 17.3. The molecule has 1 saturated heterocycles. The third kappa shape index (κ3) is 5.06. The summed E-state index contributed by atoms with van der Waals surface area (Å²) < 4.78 is 0. The van der Waals surface area contributed by atoms with Gasteiger partial charge in [0.1, 0.15) is 0 Å². The second kappa shape index (κ2) is 8.67. The Labute approximate surface area is 141 Å². The van der Waals surface area contributed by atoms with Gasteiger partial charge in [-0.25, -0.2) is 0 Å². The van der Waals surface area contributed by atoms with E-state index in [0.717, 1.165) is 6.54 Å². The summed E-state index contributed by atoms with van der Waals surface area (Å²) in [6.07, 6.45) is 1.61. The highest BCUT2D eigenvalue weighted by molar-refractivity contribution is 7.10. The van der Waals surface area contributed by atoms with Gasteiger partial charge < -0.3 is 10.6 Å². The first-order valence-corrected chi connectivity index (χ1v) is 8.81. The number of likely N-dealkylation sites (tertiary alicyclic amines) is 1. The third-order valence-electron chi connectivity index (χ3n) is 3.84. The van der Waals surface area contributed by atoms with Gasteiger partial charge >= 0.3 is 0 Å². The first-order valence-electron chi connectivity index (χ1n) is 7.93. The van der Waals surface area contributed by atoms with E-state index in [0.29, 0.717) is 44.2 Å². The van der Waals surface area contributed by atoms with Crippen LogP contribution < -0.4 is 10.6 Å². The molecule has 1 aliphatic rings. The number of nitrogens with one attached hydrogen (secondary N) is 2. The van der Waals surface area contributed by atoms with Gasteiger partial charge in [0.2, 0.25) is 11.8 Å². The Morgan fingerprint density at radius 2 is 2.09 bits per heavy atom. The summed E-state index contributed by atoms with van der Waals surface area (Å²) in [4.78, 5) is 30.3. The summed E-state index contributed by atoms with van der Waals surface area (Å²) in [6.45, 7) is 3.84. The highest BCUT2D eigenvalue weighted by atomic mass is 32.1. The predicted octanol–water partition coefficient (Wildman–Crippen LogP) is 1.56. The molecule has 23 heavy (non-hydrogen) atoms. The maximum atomic E-state index is 11.7. The van der Waals surface area contributed by atoms with Crippen LogP contribution in [0.4, 0.5) is 0 Å². The van der Waals surface area contributed by atoms with Crippen molar-refractivity contribution >= 4 is 29.1 Å². The number of nitrogens with zero attached hydrogens (tertiary/aromatic N) is 2. The third-order valence-corrected chi connectivity index (χ3v) is 4.94. The van der Waals surface area contributed by atoms with Gasteiger partial charge in [-0.1, -0.05) is 13.0 Å². The predicted molar refractivity (Wildman–Crippen MR) is 92.7 cm³/mol. The van der Waals surface area contributed by atoms with Crippen LogP contribution in [0.3, 0.4) is 0 Å². The van der Waals surface area contributed by atoms with Crippen LogP contribution in [0.1, 0.15) is 37.0 Å². The van der Waals surface area contributed by atoms with Crippen molar-refractivity contribution in [2.75, 3.05) is 26.7 Å². The molecule has 0 radical (unpaired) electrons. The molecule has 6 nitrogen and oxygen atoms in total. The zero-order valence-corrected chi connectivity index (χ0v) is 14.5. The molecular weight excluding hydrogens is 312 g/mol. The monoisotopic (exact) mass is 336 g/mol. The number of carbonyl (C=O) groups excluding carboxylic acids is 2. The second-order valence-corrected chi connectivity index (χ2v) is 6.57. The number of guanidine groups is 1. The second-order valence-electron chi connectivity index (χ2n) is 5.59. The lowest BCUT2D eigenvalue weighted by molar-refractivity contribution is -0.147. The number of hydrogen-bond acceptors (Lipinski definition) is 4. The Kier molecular flexibility index (Phi) is 6.58. The largest absolute Gasteiger partial charge is 0.356 e. The molecule has 2 heterocycles. The van der Waals surface area contributed by atoms with Crippen LogP contribution >= 0.6 is 11.3 Å². The van der Waals surface area contributed by atoms with E-state index in [-0.39, 0.29) is 11.8 Å². The number of imide groups is 1. The van der Waals surface area contributed by atoms with Gasteiger partial charge in [0, 0.05) is 50.3 Å². The molecule has 0 spiro atoms. The summed E-state index contributed by atoms with van der Waals surface area (Å²) in [7, 11) is 1.71. The lowest BCUT2D eigenvalue weighted by atomic mass is 10.1. The van der Waals surface area contributed by atoms with E-state index in [2.05, 4.69) is 40.1 Å². The van der Waals surface area contributed by atoms with Crippen molar-refractivity contribution in [1.29, 1.82) is 0 Å². The van der Waals surface area contributed by atoms with Crippen molar-refractivity contribution in [3.63, 3.8) is 0 Å². The molecule has 1 aliphatic heterocycles. The molecule has 0 bridgehead atoms. The Balaban J connectivity index is 1.72. The Morgan fingerprint density at radius 1 is 1.35 bits per heavy atom. The molecule has 2 amide bonds. The summed E-state index contributed by atoms with van der Waals surface area (Å²) >= 11 is 1.75. The Morgan fingerprint density at radius 3 is 2.70 bits per heavy atom. The van der Waals surface area contributed by atoms with Crippen LogP contribution in [-0.2, 0) is 9.59 Å². The van der Waals surface area contributed by atoms with Crippen LogP contribution in [0.5, 0.6) is 0 Å². The van der Waals surface area contributed by atoms with Crippen LogP contribution in [0.2, 0.25) is 0 Å². The van der Waals surface area contributed by atoms with Gasteiger partial charge in [0.15, 0.2) is 5.96 Å². The molecule has 1 atom stereocenters. The van der Waals surface area contributed by atoms with Crippen molar-refractivity contribution in [1.82, 2.24) is 15.5 Å². The minimum absolute atomic E-state index is 0.0719. The van der Waals surface area contributed by atoms with Crippen LogP contribution in [-0.4, -0.2) is 49.4 Å². The number of hydrogen-bond donors (Lipinski definition) is 2. The smallest absolute Gasteiger partial charge is 0.229 e. The number of aliphatic imine (C=N–C) groups is 1. The first-order chi connectivity index (χ1) is 11.1. The lowest BCUT2D eigenvalue weighted by Crippen LogP contribution is -2.46. The molecule has 2 N–H and O–H groups in total. The van der Waals surface area contributed by atoms with E-state index in [1.807, 2.05) is 0 Å². The van der Waals surface area contributed by atoms with Gasteiger partial charge in [-0.05, 0) is 17.9 Å². The first kappa shape index (κ1) is 17.5. The van der Waals surface area contributed by atoms with Crippen LogP contribution in [0.15, 0.2) is 22.5 Å². The van der Waals surface area contributed by atoms with Crippen LogP contribution in [0, 0.1) is 0 Å². The standard InChI is InChI=1S/C16H24N4O2S/c1-12(13-5-4-10-23-13)11-19-16(17-2)18-8-9-20-14(21)6-3-7-15(20)22/h4-5,10,12H,3,6-9,11H2,1-2H3,(H2,17,18,19). The number of thiophene rings is 1. The number of amides is 2. The maximum absolute atomic E-state index is 11.7. The van der Waals surface area contributed by atoms with E-state index >= 15 is 0 Å². The van der Waals surface area contributed by atoms with Gasteiger partial charge in [0.05, 0.1) is 0 Å². The molecule has 0 aliphatic carbocycles. The van der Waals surface area contributed by atoms with Crippen molar-refractivity contribution in [3.8, 4) is 0 Å². The zero-order chi connectivity index (χ0) is 16.7. The van der Waals surface area contributed by atoms with Crippen molar-refractivity contribution < 1.29 is 9.59 Å². The molecule has 0 aromatic carbocycles. The van der Waals surface area contributed by atoms with Crippen molar-refractivity contribution in [2.24, 2.45) is 4.99 Å². The minimum atomic E-state index is -0.0719. The van der Waals surface area contributed by atoms with E-state index in [1.54, 1.807) is 18.4 Å². The SMILES string of the molecule is CN=C(NCCN1C(=O)CCCC1=O)NCC(C)c1cccs1. The fraction of sp³-hybridized carbons (Fsp3) is 0.562. The molecule has 0 saturated carbocycles. The zero-order valence-electron chi connectivity index (χ0n) is 13.7. The molecular formula is C16H24N4O2S. The van der Waals surface area contributed by atoms with Gasteiger partial charge in [-0.2, -0.15) is 0 Å². The molecule has 2 rings (SSSR count). The molecule has 1 aromatic rings. The molecule has 126 valence electrons. The lowest BCUT2D eigenvalue weighted by Gasteiger charge is -2.25. The Bertz CT molecular complexity index is 540. The summed E-state index contributed by atoms with van der Waals surface area (Å²) in [5.74, 6) is 0.943. The van der Waals surface area contributed by atoms with Gasteiger partial charge in [0.25, 0.3) is 0 Å². The van der Waals surface area contributed by atoms with Crippen molar-refractivity contribution in [2.45, 2.75) is 32.1 Å². The quantitative estimate of drug-likeness (QED) is 0.470. The molecule has 1 aromatic heterocycles. The molecule has 7 heteroatoms.